The van der Waals surface area contributed by atoms with Crippen LogP contribution in [-0.4, -0.2) is 51.9 Å². The van der Waals surface area contributed by atoms with Crippen molar-refractivity contribution in [2.24, 2.45) is 5.92 Å². The number of likely N-dealkylation sites (tertiary alicyclic amines) is 1. The third-order valence-electron chi connectivity index (χ3n) is 5.91. The van der Waals surface area contributed by atoms with E-state index in [0.29, 0.717) is 47.8 Å². The second-order valence-corrected chi connectivity index (χ2v) is 8.81. The Hall–Kier alpha value is -3.99. The summed E-state index contributed by atoms with van der Waals surface area (Å²) in [6, 6.07) is 13.8. The van der Waals surface area contributed by atoms with Gasteiger partial charge in [0.2, 0.25) is 5.91 Å². The Labute approximate surface area is 210 Å². The van der Waals surface area contributed by atoms with Gasteiger partial charge in [-0.15, -0.1) is 0 Å². The number of aliphatic hydroxyl groups is 1. The Kier molecular flexibility index (Phi) is 7.44. The number of benzene rings is 2. The molecule has 194 valence electrons. The minimum absolute atomic E-state index is 0.0507. The number of alkyl halides is 3. The maximum absolute atomic E-state index is 12.7. The Balaban J connectivity index is 1.55. The zero-order chi connectivity index (χ0) is 26.7. The first kappa shape index (κ1) is 26.1. The van der Waals surface area contributed by atoms with Crippen molar-refractivity contribution in [3.8, 4) is 22.8 Å². The van der Waals surface area contributed by atoms with E-state index in [9.17, 15) is 27.9 Å². The Morgan fingerprint density at radius 2 is 1.86 bits per heavy atom. The fourth-order valence-corrected chi connectivity index (χ4v) is 3.98. The number of aliphatic hydroxyl groups excluding tert-OH is 1. The van der Waals surface area contributed by atoms with Crippen molar-refractivity contribution in [3.05, 3.63) is 71.4 Å². The summed E-state index contributed by atoms with van der Waals surface area (Å²) in [6.07, 6.45) is -7.06. The zero-order valence-electron chi connectivity index (χ0n) is 20.0. The Bertz CT molecular complexity index is 1280. The van der Waals surface area contributed by atoms with Crippen LogP contribution in [0.15, 0.2) is 54.6 Å². The molecule has 37 heavy (non-hydrogen) atoms. The van der Waals surface area contributed by atoms with Gasteiger partial charge in [0.15, 0.2) is 6.10 Å². The Morgan fingerprint density at radius 3 is 2.43 bits per heavy atom. The number of halogens is 3. The fourth-order valence-electron chi connectivity index (χ4n) is 3.98. The number of hydrogen-bond donors (Lipinski definition) is 1. The fraction of sp³-hybridized carbons (Fsp3) is 0.308. The van der Waals surface area contributed by atoms with E-state index in [0.717, 1.165) is 6.07 Å². The van der Waals surface area contributed by atoms with Crippen LogP contribution in [0, 0.1) is 5.92 Å². The summed E-state index contributed by atoms with van der Waals surface area (Å²) in [6.45, 7) is 2.96. The summed E-state index contributed by atoms with van der Waals surface area (Å²) in [5.41, 5.74) is 1.27. The molecule has 11 heteroatoms. The quantitative estimate of drug-likeness (QED) is 0.456. The normalized spacial score (nSPS) is 16.5. The van der Waals surface area contributed by atoms with E-state index in [2.05, 4.69) is 10.2 Å². The van der Waals surface area contributed by atoms with Crippen LogP contribution in [-0.2, 0) is 16.1 Å². The number of carbonyl (C=O) groups excluding carboxylic acids is 2. The van der Waals surface area contributed by atoms with Crippen molar-refractivity contribution >= 4 is 11.9 Å². The van der Waals surface area contributed by atoms with E-state index < -0.39 is 23.9 Å². The van der Waals surface area contributed by atoms with Crippen LogP contribution < -0.4 is 4.74 Å². The molecule has 1 N–H and O–H groups in total. The van der Waals surface area contributed by atoms with Gasteiger partial charge in [-0.1, -0.05) is 13.0 Å². The smallest absolute Gasteiger partial charge is 0.420 e. The molecule has 1 aromatic heterocycles. The lowest BCUT2D eigenvalue weighted by Crippen LogP contribution is -2.24. The molecule has 1 amide bonds. The maximum Gasteiger partial charge on any atom is 0.420 e. The van der Waals surface area contributed by atoms with E-state index in [-0.39, 0.29) is 17.4 Å². The Morgan fingerprint density at radius 1 is 1.14 bits per heavy atom. The van der Waals surface area contributed by atoms with E-state index in [1.807, 2.05) is 6.92 Å². The van der Waals surface area contributed by atoms with E-state index >= 15 is 0 Å². The molecule has 4 rings (SSSR count). The predicted octanol–water partition coefficient (Wildman–Crippen LogP) is 4.69. The lowest BCUT2D eigenvalue weighted by atomic mass is 10.1. The second-order valence-electron chi connectivity index (χ2n) is 8.81. The van der Waals surface area contributed by atoms with Crippen molar-refractivity contribution in [2.75, 3.05) is 13.7 Å². The zero-order valence-corrected chi connectivity index (χ0v) is 20.0. The molecule has 0 aliphatic carbocycles. The molecule has 1 aliphatic heterocycles. The van der Waals surface area contributed by atoms with Gasteiger partial charge in [-0.3, -0.25) is 4.79 Å². The maximum atomic E-state index is 12.7. The molecule has 8 nitrogen and oxygen atoms in total. The lowest BCUT2D eigenvalue weighted by Gasteiger charge is -2.19. The van der Waals surface area contributed by atoms with Crippen LogP contribution in [0.3, 0.4) is 0 Å². The molecule has 1 unspecified atom stereocenters. The number of aromatic nitrogens is 2. The highest BCUT2D eigenvalue weighted by atomic mass is 19.4. The molecule has 1 aliphatic rings. The van der Waals surface area contributed by atoms with Gasteiger partial charge in [0.25, 0.3) is 0 Å². The highest BCUT2D eigenvalue weighted by Crippen LogP contribution is 2.33. The number of hydrogen-bond acceptors (Lipinski definition) is 7. The van der Waals surface area contributed by atoms with Gasteiger partial charge in [0.05, 0.1) is 18.4 Å². The van der Waals surface area contributed by atoms with Crippen LogP contribution in [0.1, 0.15) is 41.1 Å². The van der Waals surface area contributed by atoms with Crippen molar-refractivity contribution in [1.82, 2.24) is 15.1 Å². The standard InChI is InChI=1S/C26H24F3N3O5/c1-15-11-23(33)32(13-15)14-18-4-3-17(25(35)36-2)12-22(18)37-19-7-5-16(6-8-19)20-9-10-21(31-30-20)24(34)26(27,28)29/h3-10,12,15,24,34H,11,13-14H2,1-2H3/t15-,24?/m0/s1. The minimum atomic E-state index is -4.83. The third kappa shape index (κ3) is 6.05. The highest BCUT2D eigenvalue weighted by molar-refractivity contribution is 5.90. The average Bonchev–Trinajstić information content (AvgIpc) is 3.20. The molecular formula is C26H24F3N3O5. The first-order valence-corrected chi connectivity index (χ1v) is 11.4. The summed E-state index contributed by atoms with van der Waals surface area (Å²) in [4.78, 5) is 26.1. The molecular weight excluding hydrogens is 491 g/mol. The number of rotatable bonds is 7. The van der Waals surface area contributed by atoms with Crippen molar-refractivity contribution in [1.29, 1.82) is 0 Å². The van der Waals surface area contributed by atoms with Gasteiger partial charge in [0.1, 0.15) is 17.2 Å². The van der Waals surface area contributed by atoms with E-state index in [4.69, 9.17) is 9.47 Å². The van der Waals surface area contributed by atoms with Gasteiger partial charge >= 0.3 is 12.1 Å². The molecule has 2 aromatic carbocycles. The molecule has 1 saturated heterocycles. The van der Waals surface area contributed by atoms with Gasteiger partial charge in [-0.25, -0.2) is 4.79 Å². The van der Waals surface area contributed by atoms with Gasteiger partial charge in [0, 0.05) is 30.6 Å². The van der Waals surface area contributed by atoms with Gasteiger partial charge in [-0.2, -0.15) is 23.4 Å². The van der Waals surface area contributed by atoms with Crippen molar-refractivity contribution in [2.45, 2.75) is 32.2 Å². The minimum Gasteiger partial charge on any atom is -0.465 e. The van der Waals surface area contributed by atoms with E-state index in [1.165, 1.54) is 13.2 Å². The topological polar surface area (TPSA) is 102 Å². The largest absolute Gasteiger partial charge is 0.465 e. The summed E-state index contributed by atoms with van der Waals surface area (Å²) >= 11 is 0. The highest BCUT2D eigenvalue weighted by Gasteiger charge is 2.40. The number of ether oxygens (including phenoxy) is 2. The number of methoxy groups -OCH3 is 1. The number of carbonyl (C=O) groups is 2. The molecule has 3 aromatic rings. The monoisotopic (exact) mass is 515 g/mol. The number of nitrogens with zero attached hydrogens (tertiary/aromatic N) is 3. The molecule has 1 fully saturated rings. The average molecular weight is 515 g/mol. The molecule has 0 saturated carbocycles. The molecule has 2 atom stereocenters. The molecule has 0 radical (unpaired) electrons. The van der Waals surface area contributed by atoms with Crippen molar-refractivity contribution in [3.63, 3.8) is 0 Å². The first-order valence-electron chi connectivity index (χ1n) is 11.4. The molecule has 0 bridgehead atoms. The predicted molar refractivity (Wildman–Crippen MR) is 126 cm³/mol. The van der Waals surface area contributed by atoms with Gasteiger partial charge in [-0.05, 0) is 54.4 Å². The van der Waals surface area contributed by atoms with Gasteiger partial charge < -0.3 is 19.5 Å². The SMILES string of the molecule is COC(=O)c1ccc(CN2C[C@@H](C)CC2=O)c(Oc2ccc(-c3ccc(C(O)C(F)(F)F)nn3)cc2)c1. The number of amides is 1. The summed E-state index contributed by atoms with van der Waals surface area (Å²) < 4.78 is 48.9. The third-order valence-corrected chi connectivity index (χ3v) is 5.91. The lowest BCUT2D eigenvalue weighted by molar-refractivity contribution is -0.208. The van der Waals surface area contributed by atoms with E-state index in [1.54, 1.807) is 47.4 Å². The first-order chi connectivity index (χ1) is 17.5. The summed E-state index contributed by atoms with van der Waals surface area (Å²) in [7, 11) is 1.28. The molecule has 2 heterocycles. The van der Waals surface area contributed by atoms with Crippen LogP contribution in [0.2, 0.25) is 0 Å². The molecule has 0 spiro atoms. The van der Waals surface area contributed by atoms with Crippen molar-refractivity contribution < 1.29 is 37.3 Å². The van der Waals surface area contributed by atoms with Crippen LogP contribution in [0.5, 0.6) is 11.5 Å². The summed E-state index contributed by atoms with van der Waals surface area (Å²) in [5, 5.41) is 16.6. The number of esters is 1. The van der Waals surface area contributed by atoms with Crippen LogP contribution >= 0.6 is 0 Å². The second kappa shape index (κ2) is 10.6. The summed E-state index contributed by atoms with van der Waals surface area (Å²) in [5.74, 6) is 0.580. The van der Waals surface area contributed by atoms with Crippen LogP contribution in [0.4, 0.5) is 13.2 Å². The van der Waals surface area contributed by atoms with Crippen LogP contribution in [0.25, 0.3) is 11.3 Å².